The van der Waals surface area contributed by atoms with E-state index in [2.05, 4.69) is 63.9 Å². The fraction of sp³-hybridized carbons (Fsp3) is 0.100. The molecule has 173 valence electrons. The van der Waals surface area contributed by atoms with Crippen LogP contribution >= 0.6 is 0 Å². The largest absolute Gasteiger partial charge is 0.371 e. The van der Waals surface area contributed by atoms with Crippen LogP contribution in [-0.2, 0) is 33.1 Å². The van der Waals surface area contributed by atoms with Gasteiger partial charge in [-0.25, -0.2) is 5.26 Å². The minimum atomic E-state index is 0. The van der Waals surface area contributed by atoms with Crippen LogP contribution < -0.4 is 0 Å². The fourth-order valence-electron chi connectivity index (χ4n) is 4.10. The summed E-state index contributed by atoms with van der Waals surface area (Å²) in [5, 5.41) is 8.84. The van der Waals surface area contributed by atoms with Gasteiger partial charge in [0.25, 0.3) is 0 Å². The van der Waals surface area contributed by atoms with E-state index >= 15 is 0 Å². The van der Waals surface area contributed by atoms with E-state index in [1.165, 1.54) is 22.3 Å². The minimum Gasteiger partial charge on any atom is -0.371 e. The number of hydrogen-bond acceptors (Lipinski definition) is 3. The quantitative estimate of drug-likeness (QED) is 0.215. The first kappa shape index (κ1) is 24.3. The summed E-state index contributed by atoms with van der Waals surface area (Å²) >= 11 is 0. The van der Waals surface area contributed by atoms with E-state index in [1.807, 2.05) is 55.0 Å². The van der Waals surface area contributed by atoms with Crippen LogP contribution in [0.1, 0.15) is 16.7 Å². The first-order valence-corrected chi connectivity index (χ1v) is 11.2. The average Bonchev–Trinajstić information content (AvgIpc) is 3.40. The number of benzene rings is 3. The van der Waals surface area contributed by atoms with Gasteiger partial charge in [0.05, 0.1) is 5.82 Å². The third kappa shape index (κ3) is 5.30. The zero-order chi connectivity index (χ0) is 23.3. The minimum absolute atomic E-state index is 0. The van der Waals surface area contributed by atoms with E-state index in [-0.39, 0.29) is 20.1 Å². The molecular weight excluding hydrogens is 609 g/mol. The molecule has 5 heteroatoms. The number of aromatic nitrogens is 3. The summed E-state index contributed by atoms with van der Waals surface area (Å²) in [6.07, 6.45) is 6.85. The first-order chi connectivity index (χ1) is 16.7. The zero-order valence-corrected chi connectivity index (χ0v) is 21.6. The van der Waals surface area contributed by atoms with Crippen molar-refractivity contribution in [3.05, 3.63) is 120 Å². The topological polar surface area (TPSA) is 54.5 Å². The van der Waals surface area contributed by atoms with Crippen LogP contribution in [-0.4, -0.2) is 14.5 Å². The summed E-state index contributed by atoms with van der Waals surface area (Å²) in [7, 11) is 0. The molecule has 1 aliphatic heterocycles. The molecule has 6 rings (SSSR count). The molecule has 4 nitrogen and oxygen atoms in total. The van der Waals surface area contributed by atoms with Gasteiger partial charge >= 0.3 is 0 Å². The van der Waals surface area contributed by atoms with E-state index < -0.39 is 0 Å². The van der Waals surface area contributed by atoms with Crippen molar-refractivity contribution in [1.82, 2.24) is 14.5 Å². The fourth-order valence-corrected chi connectivity index (χ4v) is 4.10. The van der Waals surface area contributed by atoms with Crippen molar-refractivity contribution in [3.8, 4) is 39.8 Å². The number of rotatable bonds is 2. The van der Waals surface area contributed by atoms with Crippen molar-refractivity contribution in [3.63, 3.8) is 0 Å². The second kappa shape index (κ2) is 11.1. The van der Waals surface area contributed by atoms with Crippen molar-refractivity contribution >= 4 is 0 Å². The van der Waals surface area contributed by atoms with Gasteiger partial charge in [0.2, 0.25) is 0 Å². The molecule has 0 aliphatic carbocycles. The molecule has 0 saturated heterocycles. The Balaban J connectivity index is 0.000000177. The standard InChI is InChI=1S/C19H13N2.C11H9N2.Ir/c1-14-13-21-19(17-9-7-15(12-20)8-10-17)11-18(14)16-5-3-2-4-6-16;1-2-4-10-9(3-1)5-7-13-8-6-12-11(10)13;/h2-9,11,13H,1H3;1-3,6,8H,5,7H2;/q2*-1;. The van der Waals surface area contributed by atoms with Crippen molar-refractivity contribution in [2.75, 3.05) is 0 Å². The number of nitriles is 1. The van der Waals surface area contributed by atoms with Gasteiger partial charge in [0, 0.05) is 51.3 Å². The van der Waals surface area contributed by atoms with Gasteiger partial charge in [-0.05, 0) is 41.3 Å². The molecule has 0 amide bonds. The molecule has 0 bridgehead atoms. The maximum Gasteiger partial charge on any atom is 0.0560 e. The molecule has 2 aromatic heterocycles. The van der Waals surface area contributed by atoms with Gasteiger partial charge in [0.1, 0.15) is 0 Å². The summed E-state index contributed by atoms with van der Waals surface area (Å²) in [6, 6.07) is 32.3. The van der Waals surface area contributed by atoms with E-state index in [4.69, 9.17) is 5.26 Å². The predicted octanol–water partition coefficient (Wildman–Crippen LogP) is 6.30. The van der Waals surface area contributed by atoms with Crippen LogP contribution in [0, 0.1) is 30.4 Å². The van der Waals surface area contributed by atoms with Crippen LogP contribution in [0.25, 0.3) is 33.8 Å². The summed E-state index contributed by atoms with van der Waals surface area (Å²) in [6.45, 7) is 3.10. The van der Waals surface area contributed by atoms with Crippen molar-refractivity contribution in [2.24, 2.45) is 0 Å². The average molecular weight is 631 g/mol. The van der Waals surface area contributed by atoms with Gasteiger partial charge in [-0.1, -0.05) is 36.4 Å². The van der Waals surface area contributed by atoms with Gasteiger partial charge in [-0.3, -0.25) is 4.98 Å². The number of nitrogens with zero attached hydrogens (tertiary/aromatic N) is 4. The molecule has 0 unspecified atom stereocenters. The van der Waals surface area contributed by atoms with E-state index in [9.17, 15) is 0 Å². The zero-order valence-electron chi connectivity index (χ0n) is 19.2. The Kier molecular flexibility index (Phi) is 7.67. The molecule has 5 aromatic rings. The molecular formula is C30H22IrN4-2. The molecule has 0 atom stereocenters. The number of aryl methyl sites for hydroxylation is 3. The van der Waals surface area contributed by atoms with Crippen molar-refractivity contribution < 1.29 is 20.1 Å². The van der Waals surface area contributed by atoms with Crippen LogP contribution in [0.15, 0.2) is 91.4 Å². The second-order valence-electron chi connectivity index (χ2n) is 8.12. The number of fused-ring (bicyclic) bond motifs is 3. The second-order valence-corrected chi connectivity index (χ2v) is 8.12. The smallest absolute Gasteiger partial charge is 0.0560 e. The summed E-state index contributed by atoms with van der Waals surface area (Å²) in [5.41, 5.74) is 8.37. The molecule has 0 N–H and O–H groups in total. The maximum absolute atomic E-state index is 8.84. The molecule has 0 fully saturated rings. The van der Waals surface area contributed by atoms with Crippen molar-refractivity contribution in [1.29, 1.82) is 5.26 Å². The molecule has 1 aliphatic rings. The van der Waals surface area contributed by atoms with Crippen LogP contribution in [0.5, 0.6) is 0 Å². The van der Waals surface area contributed by atoms with Crippen molar-refractivity contribution in [2.45, 2.75) is 19.9 Å². The predicted molar refractivity (Wildman–Crippen MR) is 134 cm³/mol. The summed E-state index contributed by atoms with van der Waals surface area (Å²) in [5.74, 6) is 1.06. The molecule has 3 heterocycles. The number of hydrogen-bond donors (Lipinski definition) is 0. The van der Waals surface area contributed by atoms with Crippen LogP contribution in [0.3, 0.4) is 0 Å². The Hall–Kier alpha value is -3.84. The number of pyridine rings is 1. The summed E-state index contributed by atoms with van der Waals surface area (Å²) < 4.78 is 2.18. The Morgan fingerprint density at radius 3 is 2.63 bits per heavy atom. The summed E-state index contributed by atoms with van der Waals surface area (Å²) in [4.78, 5) is 8.81. The van der Waals surface area contributed by atoms with E-state index in [1.54, 1.807) is 12.1 Å². The van der Waals surface area contributed by atoms with E-state index in [0.29, 0.717) is 5.56 Å². The maximum atomic E-state index is 8.84. The SMILES string of the molecule is Cc1cnc(-c2[c-]cc(C#N)cc2)cc1-c1ccccc1.[Ir].[c-]1cccc2c1-c1nccn1CC2. The van der Waals surface area contributed by atoms with Crippen LogP contribution in [0.4, 0.5) is 0 Å². The third-order valence-electron chi connectivity index (χ3n) is 5.91. The Morgan fingerprint density at radius 1 is 1.00 bits per heavy atom. The Morgan fingerprint density at radius 2 is 1.86 bits per heavy atom. The van der Waals surface area contributed by atoms with E-state index in [0.717, 1.165) is 35.6 Å². The number of imidazole rings is 1. The van der Waals surface area contributed by atoms with Gasteiger partial charge in [-0.2, -0.15) is 0 Å². The third-order valence-corrected chi connectivity index (χ3v) is 5.91. The molecule has 0 spiro atoms. The van der Waals surface area contributed by atoms with Crippen LogP contribution in [0.2, 0.25) is 0 Å². The molecule has 1 radical (unpaired) electrons. The first-order valence-electron chi connectivity index (χ1n) is 11.2. The van der Waals surface area contributed by atoms with Gasteiger partial charge < -0.3 is 9.55 Å². The van der Waals surface area contributed by atoms with Gasteiger partial charge in [0.15, 0.2) is 0 Å². The Labute approximate surface area is 219 Å². The molecule has 35 heavy (non-hydrogen) atoms. The molecule has 3 aromatic carbocycles. The normalized spacial score (nSPS) is 11.1. The molecule has 0 saturated carbocycles. The van der Waals surface area contributed by atoms with Gasteiger partial charge in [-0.15, -0.1) is 65.2 Å². The monoisotopic (exact) mass is 631 g/mol. The Bertz CT molecular complexity index is 1460.